The van der Waals surface area contributed by atoms with Crippen molar-refractivity contribution in [2.45, 2.75) is 32.7 Å². The second-order valence-electron chi connectivity index (χ2n) is 5.97. The molecule has 114 valence electrons. The molecular weight excluding hydrogens is 296 g/mol. The number of nitrogens with zero attached hydrogens (tertiary/aromatic N) is 5. The van der Waals surface area contributed by atoms with Crippen molar-refractivity contribution in [3.05, 3.63) is 47.5 Å². The first-order valence-corrected chi connectivity index (χ1v) is 7.88. The number of para-hydroxylation sites is 1. The molecule has 0 unspecified atom stereocenters. The number of hydrogen-bond donors (Lipinski definition) is 1. The first-order valence-electron chi connectivity index (χ1n) is 7.06. The summed E-state index contributed by atoms with van der Waals surface area (Å²) in [5, 5.41) is 21.7. The van der Waals surface area contributed by atoms with E-state index in [1.807, 2.05) is 34.9 Å². The monoisotopic (exact) mass is 314 g/mol. The Morgan fingerprint density at radius 1 is 1.09 bits per heavy atom. The fourth-order valence-corrected chi connectivity index (χ4v) is 2.73. The summed E-state index contributed by atoms with van der Waals surface area (Å²) in [4.78, 5) is 0. The Hall–Kier alpha value is -2.28. The Morgan fingerprint density at radius 2 is 1.86 bits per heavy atom. The van der Waals surface area contributed by atoms with Gasteiger partial charge in [0.25, 0.3) is 0 Å². The van der Waals surface area contributed by atoms with Gasteiger partial charge >= 0.3 is 0 Å². The highest BCUT2D eigenvalue weighted by atomic mass is 32.1. The van der Waals surface area contributed by atoms with Gasteiger partial charge in [-0.2, -0.15) is 0 Å². The van der Waals surface area contributed by atoms with Crippen LogP contribution in [-0.4, -0.2) is 25.0 Å². The van der Waals surface area contributed by atoms with Crippen LogP contribution in [0.3, 0.4) is 0 Å². The van der Waals surface area contributed by atoms with E-state index in [9.17, 15) is 0 Å². The summed E-state index contributed by atoms with van der Waals surface area (Å²) in [7, 11) is 0. The van der Waals surface area contributed by atoms with Crippen molar-refractivity contribution in [1.82, 2.24) is 25.0 Å². The predicted octanol–water partition coefficient (Wildman–Crippen LogP) is 3.03. The summed E-state index contributed by atoms with van der Waals surface area (Å²) in [6, 6.07) is 10.0. The summed E-state index contributed by atoms with van der Waals surface area (Å²) in [6.45, 7) is 6.93. The molecule has 3 rings (SSSR count). The Morgan fingerprint density at radius 3 is 2.55 bits per heavy atom. The van der Waals surface area contributed by atoms with Crippen LogP contribution in [0, 0.1) is 0 Å². The van der Waals surface area contributed by atoms with Crippen molar-refractivity contribution in [3.63, 3.8) is 0 Å². The second-order valence-corrected chi connectivity index (χ2v) is 6.95. The third-order valence-electron chi connectivity index (χ3n) is 3.12. The van der Waals surface area contributed by atoms with E-state index in [4.69, 9.17) is 0 Å². The minimum absolute atomic E-state index is 0.0155. The van der Waals surface area contributed by atoms with E-state index in [1.165, 1.54) is 0 Å². The van der Waals surface area contributed by atoms with Crippen molar-refractivity contribution in [2.75, 3.05) is 5.32 Å². The van der Waals surface area contributed by atoms with Gasteiger partial charge in [-0.3, -0.25) is 4.57 Å². The third kappa shape index (κ3) is 3.14. The van der Waals surface area contributed by atoms with Crippen LogP contribution in [-0.2, 0) is 12.0 Å². The minimum Gasteiger partial charge on any atom is -0.353 e. The molecule has 0 saturated carbocycles. The van der Waals surface area contributed by atoms with Gasteiger partial charge in [-0.25, -0.2) is 0 Å². The van der Waals surface area contributed by atoms with E-state index in [1.54, 1.807) is 17.7 Å². The molecule has 0 bridgehead atoms. The number of hydrogen-bond acceptors (Lipinski definition) is 6. The normalized spacial score (nSPS) is 11.6. The highest BCUT2D eigenvalue weighted by molar-refractivity contribution is 7.15. The van der Waals surface area contributed by atoms with E-state index in [2.05, 4.69) is 46.5 Å². The average Bonchev–Trinajstić information content (AvgIpc) is 3.14. The smallest absolute Gasteiger partial charge is 0.206 e. The predicted molar refractivity (Wildman–Crippen MR) is 87.3 cm³/mol. The van der Waals surface area contributed by atoms with Crippen LogP contribution < -0.4 is 5.32 Å². The topological polar surface area (TPSA) is 68.5 Å². The van der Waals surface area contributed by atoms with Crippen molar-refractivity contribution < 1.29 is 0 Å². The lowest BCUT2D eigenvalue weighted by Gasteiger charge is -2.12. The van der Waals surface area contributed by atoms with Crippen molar-refractivity contribution in [2.24, 2.45) is 0 Å². The zero-order valence-corrected chi connectivity index (χ0v) is 13.6. The zero-order chi connectivity index (χ0) is 15.6. The lowest BCUT2D eigenvalue weighted by atomic mass is 9.98. The third-order valence-corrected chi connectivity index (χ3v) is 4.42. The molecule has 0 atom stereocenters. The standard InChI is InChI=1S/C15H18N6S/c1-15(2,3)13-19-20-14(22-13)16-9-12-18-17-10-21(12)11-7-5-4-6-8-11/h4-8,10H,9H2,1-3H3,(H,16,20). The zero-order valence-electron chi connectivity index (χ0n) is 12.8. The first-order chi connectivity index (χ1) is 10.5. The molecule has 2 aromatic heterocycles. The van der Waals surface area contributed by atoms with E-state index >= 15 is 0 Å². The number of benzene rings is 1. The molecule has 0 saturated heterocycles. The van der Waals surface area contributed by atoms with Gasteiger partial charge in [0.05, 0.1) is 6.54 Å². The SMILES string of the molecule is CC(C)(C)c1nnc(NCc2nncn2-c2ccccc2)s1. The molecule has 0 spiro atoms. The van der Waals surface area contributed by atoms with Gasteiger partial charge in [-0.15, -0.1) is 20.4 Å². The number of aromatic nitrogens is 5. The van der Waals surface area contributed by atoms with E-state index < -0.39 is 0 Å². The van der Waals surface area contributed by atoms with E-state index in [0.29, 0.717) is 6.54 Å². The lowest BCUT2D eigenvalue weighted by Crippen LogP contribution is -2.10. The summed E-state index contributed by atoms with van der Waals surface area (Å²) in [6.07, 6.45) is 1.72. The minimum atomic E-state index is 0.0155. The van der Waals surface area contributed by atoms with E-state index in [-0.39, 0.29) is 5.41 Å². The summed E-state index contributed by atoms with van der Waals surface area (Å²) < 4.78 is 1.96. The summed E-state index contributed by atoms with van der Waals surface area (Å²) in [5.74, 6) is 0.832. The second kappa shape index (κ2) is 5.84. The van der Waals surface area contributed by atoms with Gasteiger partial charge in [0.15, 0.2) is 5.82 Å². The molecule has 2 heterocycles. The Kier molecular flexibility index (Phi) is 3.89. The maximum absolute atomic E-state index is 4.23. The molecule has 7 heteroatoms. The van der Waals surface area contributed by atoms with Crippen LogP contribution in [0.1, 0.15) is 31.6 Å². The van der Waals surface area contributed by atoms with Crippen LogP contribution in [0.5, 0.6) is 0 Å². The molecule has 0 amide bonds. The number of rotatable bonds is 4. The molecule has 0 fully saturated rings. The fraction of sp³-hybridized carbons (Fsp3) is 0.333. The molecule has 0 radical (unpaired) electrons. The molecule has 0 aliphatic carbocycles. The summed E-state index contributed by atoms with van der Waals surface area (Å²) >= 11 is 1.57. The number of nitrogens with one attached hydrogen (secondary N) is 1. The van der Waals surface area contributed by atoms with Gasteiger partial charge in [0.2, 0.25) is 5.13 Å². The van der Waals surface area contributed by atoms with Crippen molar-refractivity contribution in [1.29, 1.82) is 0 Å². The van der Waals surface area contributed by atoms with Crippen LogP contribution in [0.4, 0.5) is 5.13 Å². The summed E-state index contributed by atoms with van der Waals surface area (Å²) in [5.41, 5.74) is 1.05. The Bertz CT molecular complexity index is 741. The molecule has 0 aliphatic rings. The molecule has 6 nitrogen and oxygen atoms in total. The highest BCUT2D eigenvalue weighted by Crippen LogP contribution is 2.27. The fourth-order valence-electron chi connectivity index (χ4n) is 1.94. The van der Waals surface area contributed by atoms with Gasteiger partial charge < -0.3 is 5.32 Å². The number of anilines is 1. The lowest BCUT2D eigenvalue weighted by molar-refractivity contribution is 0.578. The van der Waals surface area contributed by atoms with Gasteiger partial charge in [0.1, 0.15) is 11.3 Å². The van der Waals surface area contributed by atoms with Gasteiger partial charge in [-0.1, -0.05) is 50.3 Å². The maximum Gasteiger partial charge on any atom is 0.206 e. The van der Waals surface area contributed by atoms with Gasteiger partial charge in [0, 0.05) is 11.1 Å². The van der Waals surface area contributed by atoms with Gasteiger partial charge in [-0.05, 0) is 12.1 Å². The van der Waals surface area contributed by atoms with E-state index in [0.717, 1.165) is 21.7 Å². The maximum atomic E-state index is 4.23. The molecule has 22 heavy (non-hydrogen) atoms. The van der Waals surface area contributed by atoms with Crippen molar-refractivity contribution >= 4 is 16.5 Å². The molecular formula is C15H18N6S. The molecule has 1 N–H and O–H groups in total. The molecule has 0 aliphatic heterocycles. The first kappa shape index (κ1) is 14.6. The van der Waals surface area contributed by atoms with Crippen molar-refractivity contribution in [3.8, 4) is 5.69 Å². The molecule has 3 aromatic rings. The Labute approximate surface area is 133 Å². The molecule has 1 aromatic carbocycles. The quantitative estimate of drug-likeness (QED) is 0.801. The average molecular weight is 314 g/mol. The Balaban J connectivity index is 1.73. The van der Waals surface area contributed by atoms with Crippen LogP contribution >= 0.6 is 11.3 Å². The van der Waals surface area contributed by atoms with Crippen LogP contribution in [0.15, 0.2) is 36.7 Å². The van der Waals surface area contributed by atoms with Crippen LogP contribution in [0.25, 0.3) is 5.69 Å². The van der Waals surface area contributed by atoms with Crippen LogP contribution in [0.2, 0.25) is 0 Å². The largest absolute Gasteiger partial charge is 0.353 e. The highest BCUT2D eigenvalue weighted by Gasteiger charge is 2.19.